The van der Waals surface area contributed by atoms with E-state index in [2.05, 4.69) is 0 Å². The van der Waals surface area contributed by atoms with E-state index in [1.807, 2.05) is 13.0 Å². The Balaban J connectivity index is 2.36. The molecule has 4 heteroatoms. The van der Waals surface area contributed by atoms with Crippen molar-refractivity contribution in [2.45, 2.75) is 19.8 Å². The third kappa shape index (κ3) is 1.90. The number of benzene rings is 1. The maximum atomic E-state index is 8.78. The molecule has 0 saturated carbocycles. The summed E-state index contributed by atoms with van der Waals surface area (Å²) in [7, 11) is 0. The van der Waals surface area contributed by atoms with E-state index in [0.717, 1.165) is 29.0 Å². The van der Waals surface area contributed by atoms with Gasteiger partial charge in [0.15, 0.2) is 11.5 Å². The van der Waals surface area contributed by atoms with Crippen LogP contribution in [0, 0.1) is 6.92 Å². The summed E-state index contributed by atoms with van der Waals surface area (Å²) < 4.78 is 10.6. The standard InChI is InChI=1S/C11H13ClO3/c1-7-10(12)8(3-2-4-13)5-9-11(7)15-6-14-9/h5,13H,2-4,6H2,1H3. The molecular weight excluding hydrogens is 216 g/mol. The van der Waals surface area contributed by atoms with Crippen LogP contribution in [-0.4, -0.2) is 18.5 Å². The maximum absolute atomic E-state index is 8.78. The Hall–Kier alpha value is -0.930. The molecule has 0 amide bonds. The molecule has 0 saturated heterocycles. The second kappa shape index (κ2) is 4.29. The topological polar surface area (TPSA) is 38.7 Å². The molecule has 0 atom stereocenters. The van der Waals surface area contributed by atoms with Crippen molar-refractivity contribution in [3.63, 3.8) is 0 Å². The molecule has 2 rings (SSSR count). The third-order valence-corrected chi connectivity index (χ3v) is 3.03. The first-order valence-electron chi connectivity index (χ1n) is 4.92. The highest BCUT2D eigenvalue weighted by Gasteiger charge is 2.20. The van der Waals surface area contributed by atoms with Gasteiger partial charge in [-0.2, -0.15) is 0 Å². The lowest BCUT2D eigenvalue weighted by molar-refractivity contribution is 0.173. The Morgan fingerprint density at radius 1 is 1.47 bits per heavy atom. The number of halogens is 1. The smallest absolute Gasteiger partial charge is 0.231 e. The zero-order valence-corrected chi connectivity index (χ0v) is 9.30. The molecule has 1 aliphatic heterocycles. The number of rotatable bonds is 3. The van der Waals surface area contributed by atoms with E-state index in [1.54, 1.807) is 0 Å². The second-order valence-corrected chi connectivity index (χ2v) is 3.91. The molecular formula is C11H13ClO3. The fourth-order valence-electron chi connectivity index (χ4n) is 1.70. The van der Waals surface area contributed by atoms with Crippen molar-refractivity contribution in [3.05, 3.63) is 22.2 Å². The number of aliphatic hydroxyl groups is 1. The first kappa shape index (κ1) is 10.6. The Labute approximate surface area is 93.6 Å². The van der Waals surface area contributed by atoms with Gasteiger partial charge in [0, 0.05) is 12.2 Å². The highest BCUT2D eigenvalue weighted by Crippen LogP contribution is 2.41. The molecule has 0 radical (unpaired) electrons. The Morgan fingerprint density at radius 3 is 3.00 bits per heavy atom. The number of hydrogen-bond donors (Lipinski definition) is 1. The minimum absolute atomic E-state index is 0.170. The van der Waals surface area contributed by atoms with Crippen LogP contribution in [0.25, 0.3) is 0 Å². The molecule has 0 fully saturated rings. The van der Waals surface area contributed by atoms with Crippen LogP contribution in [-0.2, 0) is 6.42 Å². The van der Waals surface area contributed by atoms with Crippen LogP contribution >= 0.6 is 11.6 Å². The first-order valence-corrected chi connectivity index (χ1v) is 5.30. The average molecular weight is 229 g/mol. The number of fused-ring (bicyclic) bond motifs is 1. The molecule has 1 heterocycles. The maximum Gasteiger partial charge on any atom is 0.231 e. The monoisotopic (exact) mass is 228 g/mol. The molecule has 1 aromatic rings. The molecule has 1 aliphatic rings. The van der Waals surface area contributed by atoms with Gasteiger partial charge in [-0.15, -0.1) is 0 Å². The zero-order chi connectivity index (χ0) is 10.8. The van der Waals surface area contributed by atoms with Gasteiger partial charge in [-0.05, 0) is 31.4 Å². The van der Waals surface area contributed by atoms with Gasteiger partial charge in [0.2, 0.25) is 6.79 Å². The third-order valence-electron chi connectivity index (χ3n) is 2.50. The molecule has 3 nitrogen and oxygen atoms in total. The number of aryl methyl sites for hydroxylation is 1. The highest BCUT2D eigenvalue weighted by molar-refractivity contribution is 6.32. The fourth-order valence-corrected chi connectivity index (χ4v) is 1.94. The van der Waals surface area contributed by atoms with Gasteiger partial charge < -0.3 is 14.6 Å². The number of aliphatic hydroxyl groups excluding tert-OH is 1. The molecule has 1 N–H and O–H groups in total. The van der Waals surface area contributed by atoms with Crippen molar-refractivity contribution >= 4 is 11.6 Å². The fraction of sp³-hybridized carbons (Fsp3) is 0.455. The summed E-state index contributed by atoms with van der Waals surface area (Å²) in [6, 6.07) is 1.90. The van der Waals surface area contributed by atoms with Gasteiger partial charge in [0.05, 0.1) is 5.02 Å². The minimum atomic E-state index is 0.170. The molecule has 1 aromatic carbocycles. The number of ether oxygens (including phenoxy) is 2. The molecule has 0 bridgehead atoms. The summed E-state index contributed by atoms with van der Waals surface area (Å²) in [4.78, 5) is 0. The zero-order valence-electron chi connectivity index (χ0n) is 8.55. The molecule has 15 heavy (non-hydrogen) atoms. The Morgan fingerprint density at radius 2 is 2.27 bits per heavy atom. The second-order valence-electron chi connectivity index (χ2n) is 3.54. The van der Waals surface area contributed by atoms with Crippen molar-refractivity contribution in [1.29, 1.82) is 0 Å². The lowest BCUT2D eigenvalue weighted by atomic mass is 10.1. The minimum Gasteiger partial charge on any atom is -0.454 e. The summed E-state index contributed by atoms with van der Waals surface area (Å²) in [6.45, 7) is 2.35. The Kier molecular flexibility index (Phi) is 3.03. The summed E-state index contributed by atoms with van der Waals surface area (Å²) >= 11 is 6.20. The van der Waals surface area contributed by atoms with E-state index >= 15 is 0 Å². The molecule has 0 aliphatic carbocycles. The van der Waals surface area contributed by atoms with Gasteiger partial charge >= 0.3 is 0 Å². The first-order chi connectivity index (χ1) is 7.24. The van der Waals surface area contributed by atoms with Gasteiger partial charge in [-0.1, -0.05) is 11.6 Å². The van der Waals surface area contributed by atoms with Gasteiger partial charge in [-0.3, -0.25) is 0 Å². The van der Waals surface area contributed by atoms with Crippen LogP contribution in [0.15, 0.2) is 6.07 Å². The van der Waals surface area contributed by atoms with Crippen molar-refractivity contribution in [1.82, 2.24) is 0 Å². The van der Waals surface area contributed by atoms with Crippen molar-refractivity contribution in [3.8, 4) is 11.5 Å². The van der Waals surface area contributed by atoms with Crippen LogP contribution in [0.2, 0.25) is 5.02 Å². The Bertz CT molecular complexity index is 377. The van der Waals surface area contributed by atoms with Crippen LogP contribution in [0.3, 0.4) is 0 Å². The molecule has 0 unspecified atom stereocenters. The van der Waals surface area contributed by atoms with E-state index in [-0.39, 0.29) is 13.4 Å². The molecule has 82 valence electrons. The summed E-state index contributed by atoms with van der Waals surface area (Å²) in [5, 5.41) is 9.50. The van der Waals surface area contributed by atoms with Gasteiger partial charge in [-0.25, -0.2) is 0 Å². The van der Waals surface area contributed by atoms with E-state index in [9.17, 15) is 0 Å². The molecule has 0 spiro atoms. The largest absolute Gasteiger partial charge is 0.454 e. The normalized spacial score (nSPS) is 13.3. The molecule has 0 aromatic heterocycles. The van der Waals surface area contributed by atoms with Crippen LogP contribution < -0.4 is 9.47 Å². The van der Waals surface area contributed by atoms with Crippen molar-refractivity contribution < 1.29 is 14.6 Å². The van der Waals surface area contributed by atoms with Gasteiger partial charge in [0.1, 0.15) is 0 Å². The highest BCUT2D eigenvalue weighted by atomic mass is 35.5. The van der Waals surface area contributed by atoms with E-state index < -0.39 is 0 Å². The lowest BCUT2D eigenvalue weighted by Gasteiger charge is -2.09. The predicted molar refractivity (Wildman–Crippen MR) is 57.7 cm³/mol. The van der Waals surface area contributed by atoms with E-state index in [1.165, 1.54) is 0 Å². The summed E-state index contributed by atoms with van der Waals surface area (Å²) in [5.41, 5.74) is 1.92. The number of hydrogen-bond acceptors (Lipinski definition) is 3. The van der Waals surface area contributed by atoms with Crippen molar-refractivity contribution in [2.24, 2.45) is 0 Å². The quantitative estimate of drug-likeness (QED) is 0.863. The van der Waals surface area contributed by atoms with Crippen LogP contribution in [0.5, 0.6) is 11.5 Å². The SMILES string of the molecule is Cc1c(Cl)c(CCCO)cc2c1OCO2. The van der Waals surface area contributed by atoms with Crippen molar-refractivity contribution in [2.75, 3.05) is 13.4 Å². The van der Waals surface area contributed by atoms with E-state index in [4.69, 9.17) is 26.2 Å². The van der Waals surface area contributed by atoms with Gasteiger partial charge in [0.25, 0.3) is 0 Å². The van der Waals surface area contributed by atoms with Crippen LogP contribution in [0.1, 0.15) is 17.5 Å². The lowest BCUT2D eigenvalue weighted by Crippen LogP contribution is -1.93. The van der Waals surface area contributed by atoms with Crippen LogP contribution in [0.4, 0.5) is 0 Å². The summed E-state index contributed by atoms with van der Waals surface area (Å²) in [6.07, 6.45) is 1.46. The average Bonchev–Trinajstić information content (AvgIpc) is 2.69. The predicted octanol–water partition coefficient (Wildman–Crippen LogP) is 2.30. The summed E-state index contributed by atoms with van der Waals surface area (Å²) in [5.74, 6) is 1.50. The van der Waals surface area contributed by atoms with E-state index in [0.29, 0.717) is 11.4 Å².